The fourth-order valence-corrected chi connectivity index (χ4v) is 2.00. The van der Waals surface area contributed by atoms with Crippen molar-refractivity contribution in [2.75, 3.05) is 6.61 Å². The maximum Gasteiger partial charge on any atom is 0.0705 e. The highest BCUT2D eigenvalue weighted by molar-refractivity contribution is 5.63. The van der Waals surface area contributed by atoms with Gasteiger partial charge in [0.05, 0.1) is 12.6 Å². The Morgan fingerprint density at radius 2 is 1.45 bits per heavy atom. The van der Waals surface area contributed by atoms with Gasteiger partial charge in [0.1, 0.15) is 0 Å². The van der Waals surface area contributed by atoms with Gasteiger partial charge < -0.3 is 4.84 Å². The first kappa shape index (κ1) is 14.8. The van der Waals surface area contributed by atoms with Crippen LogP contribution in [0.5, 0.6) is 0 Å². The Labute approximate surface area is 121 Å². The maximum atomic E-state index is 5.48. The lowest BCUT2D eigenvalue weighted by atomic mass is 10.0. The van der Waals surface area contributed by atoms with Gasteiger partial charge in [0.25, 0.3) is 0 Å². The highest BCUT2D eigenvalue weighted by Gasteiger charge is 2.06. The summed E-state index contributed by atoms with van der Waals surface area (Å²) in [5.41, 5.74) is 6.81. The van der Waals surface area contributed by atoms with E-state index in [1.165, 1.54) is 16.7 Å². The summed E-state index contributed by atoms with van der Waals surface area (Å²) in [5.74, 6) is 0.537. The van der Waals surface area contributed by atoms with Crippen LogP contribution in [0, 0.1) is 5.92 Å². The molecule has 1 N–H and O–H groups in total. The molecule has 0 aliphatic rings. The number of rotatable bonds is 6. The first-order chi connectivity index (χ1) is 9.66. The van der Waals surface area contributed by atoms with Crippen molar-refractivity contribution in [3.63, 3.8) is 0 Å². The Morgan fingerprint density at radius 1 is 0.850 bits per heavy atom. The molecule has 0 amide bonds. The highest BCUT2D eigenvalue weighted by atomic mass is 16.6. The van der Waals surface area contributed by atoms with E-state index in [4.69, 9.17) is 4.84 Å². The molecule has 0 bridgehead atoms. The minimum Gasteiger partial charge on any atom is -0.301 e. The summed E-state index contributed by atoms with van der Waals surface area (Å²) in [5, 5.41) is 0. The van der Waals surface area contributed by atoms with Gasteiger partial charge >= 0.3 is 0 Å². The average molecular weight is 269 g/mol. The number of hydrogen-bond donors (Lipinski definition) is 1. The van der Waals surface area contributed by atoms with E-state index >= 15 is 0 Å². The van der Waals surface area contributed by atoms with E-state index in [0.717, 1.165) is 6.61 Å². The molecule has 1 unspecified atom stereocenters. The molecule has 0 aromatic heterocycles. The standard InChI is InChI=1S/C18H23NO/c1-14(2)13-20-19-15(3)16-9-11-18(12-10-16)17-7-5-4-6-8-17/h4-12,14-15,19H,13H2,1-3H3. The van der Waals surface area contributed by atoms with Crippen molar-refractivity contribution in [1.29, 1.82) is 0 Å². The largest absolute Gasteiger partial charge is 0.301 e. The van der Waals surface area contributed by atoms with E-state index in [1.54, 1.807) is 0 Å². The Morgan fingerprint density at radius 3 is 2.05 bits per heavy atom. The summed E-state index contributed by atoms with van der Waals surface area (Å²) in [4.78, 5) is 5.48. The molecule has 0 saturated heterocycles. The molecule has 0 saturated carbocycles. The van der Waals surface area contributed by atoms with E-state index in [-0.39, 0.29) is 6.04 Å². The van der Waals surface area contributed by atoms with Crippen LogP contribution < -0.4 is 5.48 Å². The summed E-state index contributed by atoms with van der Waals surface area (Å²) in [6, 6.07) is 19.2. The molecule has 0 radical (unpaired) electrons. The van der Waals surface area contributed by atoms with Gasteiger partial charge in [0.2, 0.25) is 0 Å². The van der Waals surface area contributed by atoms with Crippen molar-refractivity contribution in [1.82, 2.24) is 5.48 Å². The van der Waals surface area contributed by atoms with Gasteiger partial charge in [-0.3, -0.25) is 0 Å². The third-order valence-electron chi connectivity index (χ3n) is 3.19. The molecule has 106 valence electrons. The van der Waals surface area contributed by atoms with Gasteiger partial charge in [-0.05, 0) is 29.5 Å². The fraction of sp³-hybridized carbons (Fsp3) is 0.333. The zero-order valence-corrected chi connectivity index (χ0v) is 12.5. The highest BCUT2D eigenvalue weighted by Crippen LogP contribution is 2.21. The molecule has 20 heavy (non-hydrogen) atoms. The Hall–Kier alpha value is -1.64. The second-order valence-electron chi connectivity index (χ2n) is 5.53. The number of hydrogen-bond acceptors (Lipinski definition) is 2. The van der Waals surface area contributed by atoms with Gasteiger partial charge in [-0.2, -0.15) is 5.48 Å². The molecule has 0 fully saturated rings. The Bertz CT molecular complexity index is 505. The lowest BCUT2D eigenvalue weighted by Crippen LogP contribution is -2.21. The molecule has 0 aliphatic carbocycles. The van der Waals surface area contributed by atoms with Crippen molar-refractivity contribution >= 4 is 0 Å². The van der Waals surface area contributed by atoms with Gasteiger partial charge in [0, 0.05) is 0 Å². The van der Waals surface area contributed by atoms with Crippen LogP contribution in [0.25, 0.3) is 11.1 Å². The molecule has 2 aromatic carbocycles. The van der Waals surface area contributed by atoms with Crippen molar-refractivity contribution in [2.24, 2.45) is 5.92 Å². The molecule has 2 aromatic rings. The molecule has 0 heterocycles. The van der Waals surface area contributed by atoms with E-state index in [0.29, 0.717) is 5.92 Å². The van der Waals surface area contributed by atoms with Crippen molar-refractivity contribution in [3.8, 4) is 11.1 Å². The zero-order valence-electron chi connectivity index (χ0n) is 12.5. The topological polar surface area (TPSA) is 21.3 Å². The molecule has 2 nitrogen and oxygen atoms in total. The van der Waals surface area contributed by atoms with E-state index in [1.807, 2.05) is 6.07 Å². The van der Waals surface area contributed by atoms with Crippen LogP contribution in [0.3, 0.4) is 0 Å². The first-order valence-electron chi connectivity index (χ1n) is 7.19. The second-order valence-corrected chi connectivity index (χ2v) is 5.53. The van der Waals surface area contributed by atoms with Crippen LogP contribution >= 0.6 is 0 Å². The summed E-state index contributed by atoms with van der Waals surface area (Å²) in [6.45, 7) is 7.12. The van der Waals surface area contributed by atoms with E-state index < -0.39 is 0 Å². The molecule has 0 aliphatic heterocycles. The zero-order chi connectivity index (χ0) is 14.4. The van der Waals surface area contributed by atoms with Crippen molar-refractivity contribution in [3.05, 3.63) is 60.2 Å². The number of nitrogens with one attached hydrogen (secondary N) is 1. The third kappa shape index (κ3) is 4.19. The van der Waals surface area contributed by atoms with E-state index in [2.05, 4.69) is 74.8 Å². The Balaban J connectivity index is 1.97. The van der Waals surface area contributed by atoms with Crippen LogP contribution in [-0.2, 0) is 4.84 Å². The van der Waals surface area contributed by atoms with Crippen LogP contribution in [-0.4, -0.2) is 6.61 Å². The maximum absolute atomic E-state index is 5.48. The molecule has 0 spiro atoms. The predicted octanol–water partition coefficient (Wildman–Crippen LogP) is 4.59. The lowest BCUT2D eigenvalue weighted by molar-refractivity contribution is 0.00409. The van der Waals surface area contributed by atoms with Crippen LogP contribution in [0.15, 0.2) is 54.6 Å². The molecule has 1 atom stereocenters. The van der Waals surface area contributed by atoms with Gasteiger partial charge in [0.15, 0.2) is 0 Å². The molecule has 2 heteroatoms. The quantitative estimate of drug-likeness (QED) is 0.774. The average Bonchev–Trinajstić information content (AvgIpc) is 2.48. The summed E-state index contributed by atoms with van der Waals surface area (Å²) >= 11 is 0. The summed E-state index contributed by atoms with van der Waals surface area (Å²) in [6.07, 6.45) is 0. The summed E-state index contributed by atoms with van der Waals surface area (Å²) in [7, 11) is 0. The SMILES string of the molecule is CC(C)CONC(C)c1ccc(-c2ccccc2)cc1. The summed E-state index contributed by atoms with van der Waals surface area (Å²) < 4.78 is 0. The number of hydroxylamine groups is 1. The predicted molar refractivity (Wildman–Crippen MR) is 84.2 cm³/mol. The van der Waals surface area contributed by atoms with Crippen LogP contribution in [0.2, 0.25) is 0 Å². The lowest BCUT2D eigenvalue weighted by Gasteiger charge is -2.15. The van der Waals surface area contributed by atoms with Crippen molar-refractivity contribution in [2.45, 2.75) is 26.8 Å². The van der Waals surface area contributed by atoms with E-state index in [9.17, 15) is 0 Å². The second kappa shape index (κ2) is 7.22. The van der Waals surface area contributed by atoms with Crippen molar-refractivity contribution < 1.29 is 4.84 Å². The van der Waals surface area contributed by atoms with Crippen LogP contribution in [0.4, 0.5) is 0 Å². The van der Waals surface area contributed by atoms with Gasteiger partial charge in [-0.15, -0.1) is 0 Å². The van der Waals surface area contributed by atoms with Gasteiger partial charge in [-0.1, -0.05) is 68.4 Å². The molecule has 2 rings (SSSR count). The third-order valence-corrected chi connectivity index (χ3v) is 3.19. The fourth-order valence-electron chi connectivity index (χ4n) is 2.00. The Kier molecular flexibility index (Phi) is 5.33. The first-order valence-corrected chi connectivity index (χ1v) is 7.19. The molecular weight excluding hydrogens is 246 g/mol. The van der Waals surface area contributed by atoms with Crippen LogP contribution in [0.1, 0.15) is 32.4 Å². The number of benzene rings is 2. The normalized spacial score (nSPS) is 12.6. The monoisotopic (exact) mass is 269 g/mol. The van der Waals surface area contributed by atoms with Gasteiger partial charge in [-0.25, -0.2) is 0 Å². The molecular formula is C18H23NO. The minimum absolute atomic E-state index is 0.193. The smallest absolute Gasteiger partial charge is 0.0705 e. The minimum atomic E-state index is 0.193.